The maximum absolute atomic E-state index is 13.2. The number of anilines is 2. The van der Waals surface area contributed by atoms with Crippen molar-refractivity contribution in [1.82, 2.24) is 0 Å². The van der Waals surface area contributed by atoms with Crippen molar-refractivity contribution in [2.24, 2.45) is 0 Å². The number of benzene rings is 3. The van der Waals surface area contributed by atoms with Crippen molar-refractivity contribution < 1.29 is 22.7 Å². The number of rotatable bonds is 4. The molecular weight excluding hydrogens is 416 g/mol. The van der Waals surface area contributed by atoms with Crippen LogP contribution in [-0.4, -0.2) is 27.7 Å². The predicted molar refractivity (Wildman–Crippen MR) is 116 cm³/mol. The number of ether oxygens (including phenoxy) is 2. The highest BCUT2D eigenvalue weighted by molar-refractivity contribution is 7.92. The topological polar surface area (TPSA) is 84.9 Å². The first-order valence-corrected chi connectivity index (χ1v) is 11.4. The number of para-hydroxylation sites is 1. The van der Waals surface area contributed by atoms with Crippen molar-refractivity contribution >= 4 is 27.3 Å². The van der Waals surface area contributed by atoms with Crippen LogP contribution in [0.2, 0.25) is 0 Å². The van der Waals surface area contributed by atoms with Crippen LogP contribution < -0.4 is 19.1 Å². The molecule has 0 unspecified atom stereocenters. The summed E-state index contributed by atoms with van der Waals surface area (Å²) in [6.07, 6.45) is 1.63. The van der Waals surface area contributed by atoms with E-state index in [4.69, 9.17) is 9.47 Å². The minimum Gasteiger partial charge on any atom is -0.454 e. The van der Waals surface area contributed by atoms with E-state index in [0.717, 1.165) is 24.1 Å². The third-order valence-corrected chi connectivity index (χ3v) is 7.23. The number of carbonyl (C=O) groups excluding carboxylic acids is 1. The molecule has 2 aliphatic heterocycles. The van der Waals surface area contributed by atoms with Gasteiger partial charge in [0, 0.05) is 23.9 Å². The Hall–Kier alpha value is -3.52. The first-order valence-electron chi connectivity index (χ1n) is 9.94. The van der Waals surface area contributed by atoms with E-state index >= 15 is 0 Å². The van der Waals surface area contributed by atoms with Crippen LogP contribution >= 0.6 is 0 Å². The Kier molecular flexibility index (Phi) is 4.78. The van der Waals surface area contributed by atoms with Gasteiger partial charge >= 0.3 is 0 Å². The van der Waals surface area contributed by atoms with Gasteiger partial charge in [0.1, 0.15) is 0 Å². The molecule has 3 aromatic carbocycles. The quantitative estimate of drug-likeness (QED) is 0.672. The van der Waals surface area contributed by atoms with Gasteiger partial charge in [0.05, 0.1) is 10.6 Å². The molecule has 8 heteroatoms. The van der Waals surface area contributed by atoms with E-state index in [1.807, 2.05) is 24.3 Å². The van der Waals surface area contributed by atoms with Crippen LogP contribution in [0.25, 0.3) is 0 Å². The number of sulfonamides is 1. The molecule has 0 spiro atoms. The fourth-order valence-corrected chi connectivity index (χ4v) is 5.37. The Balaban J connectivity index is 1.36. The molecule has 31 heavy (non-hydrogen) atoms. The van der Waals surface area contributed by atoms with E-state index in [2.05, 4.69) is 5.32 Å². The summed E-state index contributed by atoms with van der Waals surface area (Å²) in [5.74, 6) is 0.860. The Morgan fingerprint density at radius 2 is 1.71 bits per heavy atom. The second-order valence-electron chi connectivity index (χ2n) is 7.36. The molecule has 1 amide bonds. The Labute approximate surface area is 180 Å². The standard InChI is InChI=1S/C23H20N2O5S/c26-23(24-18-9-12-21-22(14-18)30-15-29-21)17-7-10-19(11-8-17)31(27,28)25-13-3-5-16-4-1-2-6-20(16)25/h1-2,4,6-12,14H,3,5,13,15H2,(H,24,26). The molecule has 0 fully saturated rings. The normalized spacial score (nSPS) is 14.8. The van der Waals surface area contributed by atoms with Crippen LogP contribution in [0.1, 0.15) is 22.3 Å². The lowest BCUT2D eigenvalue weighted by Gasteiger charge is -2.30. The van der Waals surface area contributed by atoms with Gasteiger partial charge < -0.3 is 14.8 Å². The van der Waals surface area contributed by atoms with E-state index in [1.54, 1.807) is 18.2 Å². The number of aryl methyl sites for hydroxylation is 1. The highest BCUT2D eigenvalue weighted by Crippen LogP contribution is 2.34. The largest absolute Gasteiger partial charge is 0.454 e. The Bertz CT molecular complexity index is 1260. The molecule has 2 aliphatic rings. The van der Waals surface area contributed by atoms with E-state index in [1.165, 1.54) is 28.6 Å². The monoisotopic (exact) mass is 436 g/mol. The van der Waals surface area contributed by atoms with Crippen LogP contribution in [0.5, 0.6) is 11.5 Å². The van der Waals surface area contributed by atoms with Crippen LogP contribution in [-0.2, 0) is 16.4 Å². The van der Waals surface area contributed by atoms with Crippen molar-refractivity contribution in [3.05, 3.63) is 77.9 Å². The lowest BCUT2D eigenvalue weighted by Crippen LogP contribution is -2.35. The van der Waals surface area contributed by atoms with Gasteiger partial charge in [-0.25, -0.2) is 8.42 Å². The molecule has 7 nitrogen and oxygen atoms in total. The molecule has 5 rings (SSSR count). The molecule has 0 bridgehead atoms. The highest BCUT2D eigenvalue weighted by atomic mass is 32.2. The third kappa shape index (κ3) is 3.59. The second kappa shape index (κ2) is 7.63. The van der Waals surface area contributed by atoms with Gasteiger partial charge in [-0.3, -0.25) is 9.10 Å². The molecule has 2 heterocycles. The molecule has 1 N–H and O–H groups in total. The van der Waals surface area contributed by atoms with Crippen molar-refractivity contribution in [3.63, 3.8) is 0 Å². The SMILES string of the molecule is O=C(Nc1ccc2c(c1)OCO2)c1ccc(S(=O)(=O)N2CCCc3ccccc32)cc1. The third-order valence-electron chi connectivity index (χ3n) is 5.40. The fourth-order valence-electron chi connectivity index (χ4n) is 3.83. The average molecular weight is 436 g/mol. The number of nitrogens with one attached hydrogen (secondary N) is 1. The zero-order valence-electron chi connectivity index (χ0n) is 16.6. The van der Waals surface area contributed by atoms with Gasteiger partial charge in [0.25, 0.3) is 15.9 Å². The summed E-state index contributed by atoms with van der Waals surface area (Å²) in [5.41, 5.74) is 2.67. The van der Waals surface area contributed by atoms with E-state index in [0.29, 0.717) is 29.3 Å². The zero-order valence-corrected chi connectivity index (χ0v) is 17.4. The number of nitrogens with zero attached hydrogens (tertiary/aromatic N) is 1. The molecule has 3 aromatic rings. The molecular formula is C23H20N2O5S. The van der Waals surface area contributed by atoms with Gasteiger partial charge in [-0.05, 0) is 60.9 Å². The predicted octanol–water partition coefficient (Wildman–Crippen LogP) is 3.81. The van der Waals surface area contributed by atoms with Crippen molar-refractivity contribution in [1.29, 1.82) is 0 Å². The molecule has 0 atom stereocenters. The van der Waals surface area contributed by atoms with Gasteiger partial charge in [0.2, 0.25) is 6.79 Å². The number of hydrogen-bond donors (Lipinski definition) is 1. The van der Waals surface area contributed by atoms with E-state index < -0.39 is 10.0 Å². The van der Waals surface area contributed by atoms with Gasteiger partial charge in [-0.15, -0.1) is 0 Å². The molecule has 0 aliphatic carbocycles. The van der Waals surface area contributed by atoms with Crippen LogP contribution in [0, 0.1) is 0 Å². The van der Waals surface area contributed by atoms with Gasteiger partial charge in [-0.1, -0.05) is 18.2 Å². The summed E-state index contributed by atoms with van der Waals surface area (Å²) in [5, 5.41) is 2.79. The zero-order chi connectivity index (χ0) is 21.4. The second-order valence-corrected chi connectivity index (χ2v) is 9.22. The summed E-state index contributed by atoms with van der Waals surface area (Å²) in [7, 11) is -3.71. The number of fused-ring (bicyclic) bond motifs is 2. The minimum absolute atomic E-state index is 0.156. The molecule has 0 radical (unpaired) electrons. The number of amides is 1. The summed E-state index contributed by atoms with van der Waals surface area (Å²) in [6.45, 7) is 0.593. The van der Waals surface area contributed by atoms with Crippen LogP contribution in [0.3, 0.4) is 0 Å². The lowest BCUT2D eigenvalue weighted by atomic mass is 10.0. The van der Waals surface area contributed by atoms with Crippen LogP contribution in [0.15, 0.2) is 71.6 Å². The average Bonchev–Trinajstić information content (AvgIpc) is 3.26. The number of hydrogen-bond acceptors (Lipinski definition) is 5. The van der Waals surface area contributed by atoms with Crippen molar-refractivity contribution in [3.8, 4) is 11.5 Å². The van der Waals surface area contributed by atoms with Crippen molar-refractivity contribution in [2.75, 3.05) is 23.0 Å². The molecule has 0 saturated carbocycles. The maximum Gasteiger partial charge on any atom is 0.264 e. The van der Waals surface area contributed by atoms with E-state index in [-0.39, 0.29) is 17.6 Å². The molecule has 0 saturated heterocycles. The summed E-state index contributed by atoms with van der Waals surface area (Å²) in [4.78, 5) is 12.8. The smallest absolute Gasteiger partial charge is 0.264 e. The molecule has 158 valence electrons. The summed E-state index contributed by atoms with van der Waals surface area (Å²) >= 11 is 0. The highest BCUT2D eigenvalue weighted by Gasteiger charge is 2.29. The van der Waals surface area contributed by atoms with Crippen molar-refractivity contribution in [2.45, 2.75) is 17.7 Å². The Morgan fingerprint density at radius 1 is 0.935 bits per heavy atom. The first-order chi connectivity index (χ1) is 15.0. The maximum atomic E-state index is 13.2. The number of carbonyl (C=O) groups is 1. The van der Waals surface area contributed by atoms with Crippen LogP contribution in [0.4, 0.5) is 11.4 Å². The van der Waals surface area contributed by atoms with E-state index in [9.17, 15) is 13.2 Å². The molecule has 0 aromatic heterocycles. The summed E-state index contributed by atoms with van der Waals surface area (Å²) in [6, 6.07) is 18.7. The lowest BCUT2D eigenvalue weighted by molar-refractivity contribution is 0.102. The summed E-state index contributed by atoms with van der Waals surface area (Å²) < 4.78 is 38.5. The van der Waals surface area contributed by atoms with Gasteiger partial charge in [0.15, 0.2) is 11.5 Å². The Morgan fingerprint density at radius 3 is 2.55 bits per heavy atom. The first kappa shape index (κ1) is 19.4. The van der Waals surface area contributed by atoms with Gasteiger partial charge in [-0.2, -0.15) is 0 Å². The minimum atomic E-state index is -3.71. The fraction of sp³-hybridized carbons (Fsp3) is 0.174.